The number of nitriles is 1. The molecule has 0 saturated heterocycles. The van der Waals surface area contributed by atoms with Gasteiger partial charge in [-0.2, -0.15) is 5.26 Å². The van der Waals surface area contributed by atoms with Gasteiger partial charge in [-0.05, 0) is 36.1 Å². The lowest BCUT2D eigenvalue weighted by atomic mass is 10.0. The van der Waals surface area contributed by atoms with E-state index in [-0.39, 0.29) is 5.91 Å². The third-order valence-electron chi connectivity index (χ3n) is 3.97. The molecule has 0 aromatic heterocycles. The summed E-state index contributed by atoms with van der Waals surface area (Å²) in [5.41, 5.74) is 4.72. The van der Waals surface area contributed by atoms with Gasteiger partial charge in [0.2, 0.25) is 5.91 Å². The minimum Gasteiger partial charge on any atom is -0.384 e. The van der Waals surface area contributed by atoms with Crippen LogP contribution in [-0.2, 0) is 17.6 Å². The van der Waals surface area contributed by atoms with Gasteiger partial charge in [-0.15, -0.1) is 0 Å². The Bertz CT molecular complexity index is 725. The molecule has 24 heavy (non-hydrogen) atoms. The summed E-state index contributed by atoms with van der Waals surface area (Å²) in [4.78, 5) is 12.1. The highest BCUT2D eigenvalue weighted by Gasteiger charge is 2.08. The summed E-state index contributed by atoms with van der Waals surface area (Å²) in [7, 11) is 0. The zero-order chi connectivity index (χ0) is 17.4. The predicted molar refractivity (Wildman–Crippen MR) is 98.1 cm³/mol. The van der Waals surface area contributed by atoms with Crippen LogP contribution in [0.1, 0.15) is 37.0 Å². The van der Waals surface area contributed by atoms with Crippen molar-refractivity contribution < 1.29 is 4.79 Å². The first kappa shape index (κ1) is 17.6. The van der Waals surface area contributed by atoms with Crippen LogP contribution in [0.4, 0.5) is 11.4 Å². The lowest BCUT2D eigenvalue weighted by Gasteiger charge is -2.15. The molecule has 124 valence electrons. The van der Waals surface area contributed by atoms with Crippen LogP contribution in [0.25, 0.3) is 0 Å². The molecule has 2 rings (SSSR count). The van der Waals surface area contributed by atoms with Crippen molar-refractivity contribution in [3.63, 3.8) is 0 Å². The Morgan fingerprint density at radius 2 is 1.71 bits per heavy atom. The van der Waals surface area contributed by atoms with Crippen molar-refractivity contribution in [3.05, 3.63) is 59.2 Å². The van der Waals surface area contributed by atoms with Crippen LogP contribution >= 0.6 is 0 Å². The maximum absolute atomic E-state index is 12.1. The normalized spacial score (nSPS) is 10.0. The van der Waals surface area contributed by atoms with Crippen LogP contribution in [0.3, 0.4) is 0 Å². The second-order valence-corrected chi connectivity index (χ2v) is 5.54. The number of aryl methyl sites for hydroxylation is 2. The molecule has 0 radical (unpaired) electrons. The fourth-order valence-electron chi connectivity index (χ4n) is 2.67. The molecule has 4 nitrogen and oxygen atoms in total. The van der Waals surface area contributed by atoms with E-state index < -0.39 is 0 Å². The molecular formula is C20H23N3O. The van der Waals surface area contributed by atoms with E-state index in [4.69, 9.17) is 5.26 Å². The molecule has 4 heteroatoms. The van der Waals surface area contributed by atoms with Gasteiger partial charge in [0.15, 0.2) is 0 Å². The molecule has 0 fully saturated rings. The molecule has 0 aliphatic carbocycles. The van der Waals surface area contributed by atoms with E-state index in [0.29, 0.717) is 24.2 Å². The zero-order valence-corrected chi connectivity index (χ0v) is 14.2. The van der Waals surface area contributed by atoms with Crippen molar-refractivity contribution in [2.75, 3.05) is 17.2 Å². The Balaban J connectivity index is 1.95. The minimum absolute atomic E-state index is 0.0998. The Morgan fingerprint density at radius 1 is 1.04 bits per heavy atom. The van der Waals surface area contributed by atoms with Gasteiger partial charge < -0.3 is 10.6 Å². The number of carbonyl (C=O) groups excluding carboxylic acids is 1. The predicted octanol–water partition coefficient (Wildman–Crippen LogP) is 4.12. The largest absolute Gasteiger partial charge is 0.384 e. The zero-order valence-electron chi connectivity index (χ0n) is 14.2. The first-order valence-electron chi connectivity index (χ1n) is 8.33. The molecule has 1 amide bonds. The standard InChI is InChI=1S/C20H23N3O/c1-3-15-9-7-10-16(4-2)20(15)22-13-12-19(24)23-18-11-6-5-8-17(18)14-21/h5-11,22H,3-4,12-13H2,1-2H3,(H,23,24). The fraction of sp³-hybridized carbons (Fsp3) is 0.300. The lowest BCUT2D eigenvalue weighted by Crippen LogP contribution is -2.17. The van der Waals surface area contributed by atoms with E-state index >= 15 is 0 Å². The lowest BCUT2D eigenvalue weighted by molar-refractivity contribution is -0.115. The molecule has 0 unspecified atom stereocenters. The van der Waals surface area contributed by atoms with Crippen LogP contribution in [0.5, 0.6) is 0 Å². The smallest absolute Gasteiger partial charge is 0.226 e. The highest BCUT2D eigenvalue weighted by Crippen LogP contribution is 2.22. The molecule has 2 aromatic carbocycles. The van der Waals surface area contributed by atoms with Crippen molar-refractivity contribution in [3.8, 4) is 6.07 Å². The second kappa shape index (κ2) is 8.73. The molecule has 0 atom stereocenters. The van der Waals surface area contributed by atoms with Gasteiger partial charge in [-0.25, -0.2) is 0 Å². The van der Waals surface area contributed by atoms with Gasteiger partial charge >= 0.3 is 0 Å². The maximum Gasteiger partial charge on any atom is 0.226 e. The quantitative estimate of drug-likeness (QED) is 0.806. The number of hydrogen-bond donors (Lipinski definition) is 2. The Hall–Kier alpha value is -2.80. The van der Waals surface area contributed by atoms with Gasteiger partial charge in [-0.1, -0.05) is 44.2 Å². The van der Waals surface area contributed by atoms with Gasteiger partial charge in [-0.3, -0.25) is 4.79 Å². The summed E-state index contributed by atoms with van der Waals surface area (Å²) >= 11 is 0. The molecule has 0 bridgehead atoms. The van der Waals surface area contributed by atoms with Crippen molar-refractivity contribution >= 4 is 17.3 Å². The van der Waals surface area contributed by atoms with Crippen LogP contribution in [0, 0.1) is 11.3 Å². The Labute approximate surface area is 143 Å². The van der Waals surface area contributed by atoms with Crippen molar-refractivity contribution in [2.45, 2.75) is 33.1 Å². The summed E-state index contributed by atoms with van der Waals surface area (Å²) in [6.45, 7) is 4.82. The number of carbonyl (C=O) groups is 1. The van der Waals surface area contributed by atoms with E-state index in [0.717, 1.165) is 18.5 Å². The van der Waals surface area contributed by atoms with Crippen LogP contribution in [0.15, 0.2) is 42.5 Å². The average Bonchev–Trinajstić information content (AvgIpc) is 2.62. The molecule has 2 N–H and O–H groups in total. The average molecular weight is 321 g/mol. The van der Waals surface area contributed by atoms with E-state index in [9.17, 15) is 4.79 Å². The summed E-state index contributed by atoms with van der Waals surface area (Å²) < 4.78 is 0. The maximum atomic E-state index is 12.1. The number of amides is 1. The minimum atomic E-state index is -0.0998. The Kier molecular flexibility index (Phi) is 6.39. The summed E-state index contributed by atoms with van der Waals surface area (Å²) in [6, 6.07) is 15.4. The van der Waals surface area contributed by atoms with Crippen LogP contribution < -0.4 is 10.6 Å². The highest BCUT2D eigenvalue weighted by atomic mass is 16.1. The number of anilines is 2. The monoisotopic (exact) mass is 321 g/mol. The molecular weight excluding hydrogens is 298 g/mol. The fourth-order valence-corrected chi connectivity index (χ4v) is 2.67. The second-order valence-electron chi connectivity index (χ2n) is 5.54. The third-order valence-corrected chi connectivity index (χ3v) is 3.97. The van der Waals surface area contributed by atoms with Crippen molar-refractivity contribution in [1.29, 1.82) is 5.26 Å². The molecule has 0 aliphatic rings. The number of nitrogens with one attached hydrogen (secondary N) is 2. The molecule has 0 aliphatic heterocycles. The molecule has 2 aromatic rings. The number of para-hydroxylation sites is 2. The summed E-state index contributed by atoms with van der Waals surface area (Å²) in [5.74, 6) is -0.0998. The van der Waals surface area contributed by atoms with Crippen LogP contribution in [-0.4, -0.2) is 12.5 Å². The SMILES string of the molecule is CCc1cccc(CC)c1NCCC(=O)Nc1ccccc1C#N. The molecule has 0 heterocycles. The van der Waals surface area contributed by atoms with Gasteiger partial charge in [0.1, 0.15) is 6.07 Å². The number of rotatable bonds is 7. The number of hydrogen-bond acceptors (Lipinski definition) is 3. The van der Waals surface area contributed by atoms with Crippen molar-refractivity contribution in [2.24, 2.45) is 0 Å². The van der Waals surface area contributed by atoms with E-state index in [1.807, 2.05) is 0 Å². The van der Waals surface area contributed by atoms with E-state index in [1.54, 1.807) is 24.3 Å². The van der Waals surface area contributed by atoms with Gasteiger partial charge in [0.25, 0.3) is 0 Å². The van der Waals surface area contributed by atoms with Crippen LogP contribution in [0.2, 0.25) is 0 Å². The summed E-state index contributed by atoms with van der Waals surface area (Å²) in [5, 5.41) is 15.3. The Morgan fingerprint density at radius 3 is 2.33 bits per heavy atom. The number of benzene rings is 2. The first-order chi connectivity index (χ1) is 11.7. The molecule has 0 saturated carbocycles. The van der Waals surface area contributed by atoms with Gasteiger partial charge in [0, 0.05) is 18.7 Å². The summed E-state index contributed by atoms with van der Waals surface area (Å²) in [6.07, 6.45) is 2.26. The number of nitrogens with zero attached hydrogens (tertiary/aromatic N) is 1. The topological polar surface area (TPSA) is 64.9 Å². The van der Waals surface area contributed by atoms with E-state index in [1.165, 1.54) is 11.1 Å². The van der Waals surface area contributed by atoms with E-state index in [2.05, 4.69) is 48.7 Å². The highest BCUT2D eigenvalue weighted by molar-refractivity contribution is 5.92. The molecule has 0 spiro atoms. The first-order valence-corrected chi connectivity index (χ1v) is 8.33. The third kappa shape index (κ3) is 4.36. The van der Waals surface area contributed by atoms with Crippen molar-refractivity contribution in [1.82, 2.24) is 0 Å². The van der Waals surface area contributed by atoms with Gasteiger partial charge in [0.05, 0.1) is 11.3 Å².